The van der Waals surface area contributed by atoms with Crippen LogP contribution in [0.3, 0.4) is 0 Å². The Morgan fingerprint density at radius 1 is 1.24 bits per heavy atom. The number of rotatable bonds is 7. The van der Waals surface area contributed by atoms with Crippen LogP contribution in [-0.2, 0) is 4.79 Å². The standard InChI is InChI=1S/C24H20BrN5O3S/c1-13-20(21(18(11-26)22(27)31)15-3-7-16(25)8-4-15)23(32)30(29-13)24-28-12-19(34-24)14-5-9-17(33-2)10-6-14/h3-10,12,18,21,29H,1-2H3,(H2,27,31)/t18-,21+/m1/s1. The number of thiazole rings is 1. The number of methoxy groups -OCH3 is 1. The fourth-order valence-electron chi connectivity index (χ4n) is 3.82. The Morgan fingerprint density at radius 2 is 1.91 bits per heavy atom. The number of hydrogen-bond donors (Lipinski definition) is 2. The Morgan fingerprint density at radius 3 is 2.50 bits per heavy atom. The van der Waals surface area contributed by atoms with Gasteiger partial charge in [0.2, 0.25) is 11.0 Å². The largest absolute Gasteiger partial charge is 0.497 e. The molecule has 1 amide bonds. The number of primary amides is 1. The van der Waals surface area contributed by atoms with Crippen molar-refractivity contribution in [2.24, 2.45) is 11.7 Å². The lowest BCUT2D eigenvalue weighted by Gasteiger charge is -2.19. The third kappa shape index (κ3) is 4.40. The minimum absolute atomic E-state index is 0.300. The van der Waals surface area contributed by atoms with Crippen LogP contribution in [-0.4, -0.2) is 27.8 Å². The Hall–Kier alpha value is -3.68. The molecular formula is C24H20BrN5O3S. The van der Waals surface area contributed by atoms with E-state index in [4.69, 9.17) is 10.5 Å². The number of H-pyrrole nitrogens is 1. The number of carbonyl (C=O) groups excluding carboxylic acids is 1. The fraction of sp³-hybridized carbons (Fsp3) is 0.167. The van der Waals surface area contributed by atoms with Gasteiger partial charge in [0, 0.05) is 27.8 Å². The minimum Gasteiger partial charge on any atom is -0.497 e. The second-order valence-electron chi connectivity index (χ2n) is 7.56. The van der Waals surface area contributed by atoms with Crippen molar-refractivity contribution >= 4 is 33.2 Å². The quantitative estimate of drug-likeness (QED) is 0.366. The zero-order valence-electron chi connectivity index (χ0n) is 18.3. The van der Waals surface area contributed by atoms with Gasteiger partial charge in [-0.05, 0) is 54.4 Å². The molecule has 10 heteroatoms. The van der Waals surface area contributed by atoms with E-state index in [1.807, 2.05) is 30.3 Å². The zero-order valence-corrected chi connectivity index (χ0v) is 20.7. The minimum atomic E-state index is -1.22. The number of hydrogen-bond acceptors (Lipinski definition) is 6. The zero-order chi connectivity index (χ0) is 24.4. The summed E-state index contributed by atoms with van der Waals surface area (Å²) in [6.45, 7) is 1.73. The van der Waals surface area contributed by atoms with E-state index in [1.54, 1.807) is 44.5 Å². The maximum atomic E-state index is 13.6. The molecule has 0 saturated heterocycles. The number of benzene rings is 2. The van der Waals surface area contributed by atoms with E-state index in [-0.39, 0.29) is 5.56 Å². The monoisotopic (exact) mass is 537 g/mol. The highest BCUT2D eigenvalue weighted by Crippen LogP contribution is 2.34. The average Bonchev–Trinajstić information content (AvgIpc) is 3.43. The van der Waals surface area contributed by atoms with E-state index in [9.17, 15) is 14.9 Å². The molecule has 2 atom stereocenters. The Balaban J connectivity index is 1.80. The van der Waals surface area contributed by atoms with Crippen molar-refractivity contribution in [1.29, 1.82) is 5.26 Å². The van der Waals surface area contributed by atoms with Gasteiger partial charge >= 0.3 is 0 Å². The molecule has 0 saturated carbocycles. The Labute approximate surface area is 207 Å². The number of amides is 1. The van der Waals surface area contributed by atoms with Crippen molar-refractivity contribution in [2.75, 3.05) is 7.11 Å². The van der Waals surface area contributed by atoms with Crippen molar-refractivity contribution in [2.45, 2.75) is 12.8 Å². The number of nitriles is 1. The van der Waals surface area contributed by atoms with Crippen LogP contribution < -0.4 is 16.0 Å². The summed E-state index contributed by atoms with van der Waals surface area (Å²) in [7, 11) is 1.61. The molecule has 2 heterocycles. The van der Waals surface area contributed by atoms with E-state index in [0.29, 0.717) is 22.0 Å². The molecule has 0 unspecified atom stereocenters. The van der Waals surface area contributed by atoms with E-state index >= 15 is 0 Å². The number of carbonyl (C=O) groups is 1. The van der Waals surface area contributed by atoms with Gasteiger partial charge in [0.05, 0.1) is 18.1 Å². The van der Waals surface area contributed by atoms with Crippen molar-refractivity contribution < 1.29 is 9.53 Å². The van der Waals surface area contributed by atoms with E-state index in [1.165, 1.54) is 16.0 Å². The molecule has 2 aromatic heterocycles. The number of nitrogens with one attached hydrogen (secondary N) is 1. The Kier molecular flexibility index (Phi) is 6.68. The van der Waals surface area contributed by atoms with E-state index in [0.717, 1.165) is 20.7 Å². The van der Waals surface area contributed by atoms with Gasteiger partial charge in [-0.25, -0.2) is 4.98 Å². The van der Waals surface area contributed by atoms with Crippen LogP contribution >= 0.6 is 27.3 Å². The third-order valence-electron chi connectivity index (χ3n) is 5.50. The molecule has 0 aliphatic heterocycles. The first kappa shape index (κ1) is 23.5. The van der Waals surface area contributed by atoms with Crippen LogP contribution in [0.2, 0.25) is 0 Å². The smallest absolute Gasteiger partial charge is 0.277 e. The molecule has 172 valence electrons. The van der Waals surface area contributed by atoms with Gasteiger partial charge < -0.3 is 10.5 Å². The van der Waals surface area contributed by atoms with Crippen LogP contribution in [0.5, 0.6) is 5.75 Å². The average molecular weight is 538 g/mol. The Bertz CT molecular complexity index is 1430. The number of ether oxygens (including phenoxy) is 1. The van der Waals surface area contributed by atoms with Gasteiger partial charge in [0.1, 0.15) is 11.7 Å². The van der Waals surface area contributed by atoms with Gasteiger partial charge in [-0.2, -0.15) is 9.94 Å². The molecule has 0 bridgehead atoms. The summed E-state index contributed by atoms with van der Waals surface area (Å²) in [5.41, 5.74) is 7.57. The van der Waals surface area contributed by atoms with Crippen LogP contribution in [0.25, 0.3) is 15.6 Å². The highest BCUT2D eigenvalue weighted by Gasteiger charge is 2.34. The number of aromatic nitrogens is 3. The molecule has 8 nitrogen and oxygen atoms in total. The first-order valence-corrected chi connectivity index (χ1v) is 11.8. The first-order chi connectivity index (χ1) is 16.3. The van der Waals surface area contributed by atoms with Crippen LogP contribution in [0.4, 0.5) is 0 Å². The molecule has 0 fully saturated rings. The van der Waals surface area contributed by atoms with E-state index < -0.39 is 17.7 Å². The second kappa shape index (κ2) is 9.67. The number of halogens is 1. The SMILES string of the molecule is COc1ccc(-c2cnc(-n3[nH]c(C)c([C@@H](c4ccc(Br)cc4)[C@@H](C#N)C(N)=O)c3=O)s2)cc1. The normalized spacial score (nSPS) is 12.6. The highest BCUT2D eigenvalue weighted by molar-refractivity contribution is 9.10. The van der Waals surface area contributed by atoms with Crippen molar-refractivity contribution in [3.8, 4) is 27.4 Å². The summed E-state index contributed by atoms with van der Waals surface area (Å²) in [4.78, 5) is 31.0. The molecule has 4 aromatic rings. The van der Waals surface area contributed by atoms with Crippen LogP contribution in [0.15, 0.2) is 64.0 Å². The molecule has 0 aliphatic carbocycles. The molecular weight excluding hydrogens is 518 g/mol. The lowest BCUT2D eigenvalue weighted by Crippen LogP contribution is -2.31. The molecule has 3 N–H and O–H groups in total. The number of aryl methyl sites for hydroxylation is 1. The fourth-order valence-corrected chi connectivity index (χ4v) is 4.96. The first-order valence-electron chi connectivity index (χ1n) is 10.2. The van der Waals surface area contributed by atoms with Crippen LogP contribution in [0.1, 0.15) is 22.7 Å². The number of aromatic amines is 1. The summed E-state index contributed by atoms with van der Waals surface area (Å²) in [6.07, 6.45) is 1.69. The van der Waals surface area contributed by atoms with Gasteiger partial charge in [-0.3, -0.25) is 14.7 Å². The molecule has 0 radical (unpaired) electrons. The lowest BCUT2D eigenvalue weighted by atomic mass is 9.81. The van der Waals surface area contributed by atoms with Gasteiger partial charge in [-0.1, -0.05) is 39.4 Å². The summed E-state index contributed by atoms with van der Waals surface area (Å²) >= 11 is 4.72. The summed E-state index contributed by atoms with van der Waals surface area (Å²) in [6, 6.07) is 16.6. The predicted octanol–water partition coefficient (Wildman–Crippen LogP) is 4.13. The summed E-state index contributed by atoms with van der Waals surface area (Å²) in [5.74, 6) is -2.10. The topological polar surface area (TPSA) is 127 Å². The van der Waals surface area contributed by atoms with Gasteiger partial charge in [-0.15, -0.1) is 0 Å². The number of nitrogens with zero attached hydrogens (tertiary/aromatic N) is 3. The molecule has 0 aliphatic rings. The third-order valence-corrected chi connectivity index (χ3v) is 7.06. The maximum Gasteiger partial charge on any atom is 0.277 e. The molecule has 34 heavy (non-hydrogen) atoms. The second-order valence-corrected chi connectivity index (χ2v) is 9.49. The van der Waals surface area contributed by atoms with E-state index in [2.05, 4.69) is 26.0 Å². The number of nitrogens with two attached hydrogens (primary N) is 1. The molecule has 2 aromatic carbocycles. The van der Waals surface area contributed by atoms with Crippen LogP contribution in [0, 0.1) is 24.2 Å². The van der Waals surface area contributed by atoms with Gasteiger partial charge in [0.15, 0.2) is 0 Å². The molecule has 4 rings (SSSR count). The van der Waals surface area contributed by atoms with Crippen molar-refractivity contribution in [1.82, 2.24) is 14.8 Å². The van der Waals surface area contributed by atoms with Gasteiger partial charge in [0.25, 0.3) is 5.56 Å². The van der Waals surface area contributed by atoms with Crippen molar-refractivity contribution in [3.63, 3.8) is 0 Å². The summed E-state index contributed by atoms with van der Waals surface area (Å²) in [5, 5.41) is 13.2. The van der Waals surface area contributed by atoms with Crippen molar-refractivity contribution in [3.05, 3.63) is 86.4 Å². The molecule has 0 spiro atoms. The summed E-state index contributed by atoms with van der Waals surface area (Å²) < 4.78 is 7.37. The maximum absolute atomic E-state index is 13.6. The lowest BCUT2D eigenvalue weighted by molar-refractivity contribution is -0.120. The predicted molar refractivity (Wildman–Crippen MR) is 133 cm³/mol. The highest BCUT2D eigenvalue weighted by atomic mass is 79.9.